The summed E-state index contributed by atoms with van der Waals surface area (Å²) >= 11 is 0. The first-order chi connectivity index (χ1) is 9.93. The molecule has 1 unspecified atom stereocenters. The standard InChI is InChI=1S/C15H30N2O3S/c1-3-13-6-8-15(12-16,9-7-13)17(2)21(18,19)11-14-5-4-10-20-14/h13-14H,3-12,16H2,1-2H3. The van der Waals surface area contributed by atoms with Gasteiger partial charge in [0.05, 0.1) is 11.9 Å². The van der Waals surface area contributed by atoms with Crippen molar-refractivity contribution in [3.63, 3.8) is 0 Å². The van der Waals surface area contributed by atoms with Gasteiger partial charge in [0.25, 0.3) is 0 Å². The maximum absolute atomic E-state index is 12.7. The van der Waals surface area contributed by atoms with Crippen molar-refractivity contribution in [2.75, 3.05) is 26.0 Å². The van der Waals surface area contributed by atoms with Gasteiger partial charge in [-0.3, -0.25) is 0 Å². The molecule has 1 saturated carbocycles. The van der Waals surface area contributed by atoms with Gasteiger partial charge in [-0.05, 0) is 44.4 Å². The Hall–Kier alpha value is -0.170. The lowest BCUT2D eigenvalue weighted by Crippen LogP contribution is -2.57. The molecule has 0 aromatic rings. The summed E-state index contributed by atoms with van der Waals surface area (Å²) in [6, 6.07) is 0. The molecule has 1 heterocycles. The van der Waals surface area contributed by atoms with Gasteiger partial charge in [-0.15, -0.1) is 0 Å². The Bertz CT molecular complexity index is 424. The molecule has 1 aliphatic carbocycles. The molecule has 21 heavy (non-hydrogen) atoms. The van der Waals surface area contributed by atoms with Crippen molar-refractivity contribution in [2.45, 2.75) is 63.5 Å². The Kier molecular flexibility index (Phi) is 5.68. The van der Waals surface area contributed by atoms with Crippen LogP contribution in [-0.4, -0.2) is 50.3 Å². The Morgan fingerprint density at radius 3 is 2.43 bits per heavy atom. The molecule has 2 rings (SSSR count). The minimum absolute atomic E-state index is 0.0997. The monoisotopic (exact) mass is 318 g/mol. The molecule has 2 N–H and O–H groups in total. The van der Waals surface area contributed by atoms with E-state index in [2.05, 4.69) is 6.92 Å². The SMILES string of the molecule is CCC1CCC(CN)(N(C)S(=O)(=O)CC2CCCO2)CC1. The van der Waals surface area contributed by atoms with Crippen LogP contribution in [0.5, 0.6) is 0 Å². The number of hydrogen-bond donors (Lipinski definition) is 1. The van der Waals surface area contributed by atoms with Crippen LogP contribution in [0.25, 0.3) is 0 Å². The molecule has 1 atom stereocenters. The van der Waals surface area contributed by atoms with Gasteiger partial charge in [-0.1, -0.05) is 13.3 Å². The van der Waals surface area contributed by atoms with E-state index in [1.807, 2.05) is 0 Å². The highest BCUT2D eigenvalue weighted by Gasteiger charge is 2.43. The largest absolute Gasteiger partial charge is 0.377 e. The smallest absolute Gasteiger partial charge is 0.216 e. The highest BCUT2D eigenvalue weighted by atomic mass is 32.2. The van der Waals surface area contributed by atoms with Crippen LogP contribution in [0, 0.1) is 5.92 Å². The molecular formula is C15H30N2O3S. The maximum Gasteiger partial charge on any atom is 0.216 e. The first-order valence-electron chi connectivity index (χ1n) is 8.22. The zero-order valence-electron chi connectivity index (χ0n) is 13.4. The quantitative estimate of drug-likeness (QED) is 0.809. The first kappa shape index (κ1) is 17.2. The molecule has 0 radical (unpaired) electrons. The van der Waals surface area contributed by atoms with Crippen LogP contribution in [0.1, 0.15) is 51.9 Å². The second kappa shape index (κ2) is 6.94. The molecule has 0 aromatic carbocycles. The molecular weight excluding hydrogens is 288 g/mol. The van der Waals surface area contributed by atoms with Crippen molar-refractivity contribution in [3.8, 4) is 0 Å². The van der Waals surface area contributed by atoms with Crippen molar-refractivity contribution >= 4 is 10.0 Å². The van der Waals surface area contributed by atoms with E-state index in [9.17, 15) is 8.42 Å². The van der Waals surface area contributed by atoms with Crippen molar-refractivity contribution in [1.82, 2.24) is 4.31 Å². The highest BCUT2D eigenvalue weighted by Crippen LogP contribution is 2.38. The Morgan fingerprint density at radius 2 is 1.95 bits per heavy atom. The van der Waals surface area contributed by atoms with Crippen molar-refractivity contribution in [3.05, 3.63) is 0 Å². The van der Waals surface area contributed by atoms with Gasteiger partial charge in [0.1, 0.15) is 0 Å². The fraction of sp³-hybridized carbons (Fsp3) is 1.00. The number of nitrogens with two attached hydrogens (primary N) is 1. The van der Waals surface area contributed by atoms with Crippen LogP contribution in [0.15, 0.2) is 0 Å². The molecule has 2 fully saturated rings. The van der Waals surface area contributed by atoms with Crippen LogP contribution < -0.4 is 5.73 Å². The summed E-state index contributed by atoms with van der Waals surface area (Å²) < 4.78 is 32.4. The Labute approximate surface area is 129 Å². The molecule has 0 spiro atoms. The average molecular weight is 318 g/mol. The third-order valence-corrected chi connectivity index (χ3v) is 7.51. The summed E-state index contributed by atoms with van der Waals surface area (Å²) in [6.07, 6.45) is 6.75. The topological polar surface area (TPSA) is 72.6 Å². The summed E-state index contributed by atoms with van der Waals surface area (Å²) in [5, 5.41) is 0. The molecule has 1 saturated heterocycles. The zero-order chi connectivity index (χ0) is 15.5. The number of hydrogen-bond acceptors (Lipinski definition) is 4. The first-order valence-corrected chi connectivity index (χ1v) is 9.83. The average Bonchev–Trinajstić information content (AvgIpc) is 2.98. The van der Waals surface area contributed by atoms with E-state index >= 15 is 0 Å². The molecule has 124 valence electrons. The van der Waals surface area contributed by atoms with Crippen LogP contribution in [0.4, 0.5) is 0 Å². The van der Waals surface area contributed by atoms with E-state index in [0.717, 1.165) is 44.4 Å². The van der Waals surface area contributed by atoms with Crippen LogP contribution >= 0.6 is 0 Å². The molecule has 0 aromatic heterocycles. The number of rotatable bonds is 6. The maximum atomic E-state index is 12.7. The summed E-state index contributed by atoms with van der Waals surface area (Å²) in [5.74, 6) is 0.821. The Balaban J connectivity index is 2.06. The van der Waals surface area contributed by atoms with Crippen molar-refractivity contribution < 1.29 is 13.2 Å². The number of likely N-dealkylation sites (N-methyl/N-ethyl adjacent to an activating group) is 1. The molecule has 5 nitrogen and oxygen atoms in total. The van der Waals surface area contributed by atoms with Gasteiger partial charge >= 0.3 is 0 Å². The van der Waals surface area contributed by atoms with Crippen molar-refractivity contribution in [2.24, 2.45) is 11.7 Å². The van der Waals surface area contributed by atoms with Gasteiger partial charge in [-0.25, -0.2) is 8.42 Å². The molecule has 0 amide bonds. The fourth-order valence-corrected chi connectivity index (χ4v) is 5.49. The lowest BCUT2D eigenvalue weighted by molar-refractivity contribution is 0.115. The molecule has 2 aliphatic rings. The lowest BCUT2D eigenvalue weighted by atomic mass is 9.75. The van der Waals surface area contributed by atoms with E-state index in [4.69, 9.17) is 10.5 Å². The second-order valence-corrected chi connectivity index (χ2v) is 8.71. The Morgan fingerprint density at radius 1 is 1.29 bits per heavy atom. The van der Waals surface area contributed by atoms with E-state index in [1.54, 1.807) is 11.4 Å². The van der Waals surface area contributed by atoms with E-state index in [0.29, 0.717) is 13.2 Å². The van der Waals surface area contributed by atoms with Gasteiger partial charge in [0.15, 0.2) is 0 Å². The van der Waals surface area contributed by atoms with Gasteiger partial charge in [-0.2, -0.15) is 4.31 Å². The lowest BCUT2D eigenvalue weighted by Gasteiger charge is -2.45. The van der Waals surface area contributed by atoms with Crippen LogP contribution in [0.2, 0.25) is 0 Å². The minimum Gasteiger partial charge on any atom is -0.377 e. The van der Waals surface area contributed by atoms with Gasteiger partial charge < -0.3 is 10.5 Å². The normalized spacial score (nSPS) is 34.5. The van der Waals surface area contributed by atoms with Crippen molar-refractivity contribution in [1.29, 1.82) is 0 Å². The molecule has 1 aliphatic heterocycles. The van der Waals surface area contributed by atoms with E-state index < -0.39 is 10.0 Å². The number of ether oxygens (including phenoxy) is 1. The third kappa shape index (κ3) is 3.78. The van der Waals surface area contributed by atoms with Crippen LogP contribution in [-0.2, 0) is 14.8 Å². The van der Waals surface area contributed by atoms with E-state index in [-0.39, 0.29) is 17.4 Å². The van der Waals surface area contributed by atoms with Crippen LogP contribution in [0.3, 0.4) is 0 Å². The predicted molar refractivity (Wildman–Crippen MR) is 84.6 cm³/mol. The second-order valence-electron chi connectivity index (χ2n) is 6.66. The summed E-state index contributed by atoms with van der Waals surface area (Å²) in [5.41, 5.74) is 5.61. The van der Waals surface area contributed by atoms with Gasteiger partial charge in [0, 0.05) is 25.7 Å². The predicted octanol–water partition coefficient (Wildman–Crippen LogP) is 1.72. The number of sulfonamides is 1. The molecule has 0 bridgehead atoms. The van der Waals surface area contributed by atoms with Gasteiger partial charge in [0.2, 0.25) is 10.0 Å². The number of nitrogens with zero attached hydrogens (tertiary/aromatic N) is 1. The fourth-order valence-electron chi connectivity index (χ4n) is 3.69. The zero-order valence-corrected chi connectivity index (χ0v) is 14.2. The van der Waals surface area contributed by atoms with E-state index in [1.165, 1.54) is 6.42 Å². The summed E-state index contributed by atoms with van der Waals surface area (Å²) in [7, 11) is -1.60. The minimum atomic E-state index is -3.31. The summed E-state index contributed by atoms with van der Waals surface area (Å²) in [6.45, 7) is 3.30. The summed E-state index contributed by atoms with van der Waals surface area (Å²) in [4.78, 5) is 0. The third-order valence-electron chi connectivity index (χ3n) is 5.50. The molecule has 6 heteroatoms. The highest BCUT2D eigenvalue weighted by molar-refractivity contribution is 7.89.